The van der Waals surface area contributed by atoms with E-state index < -0.39 is 11.7 Å². The number of carbonyl (C=O) groups excluding carboxylic acids is 1. The van der Waals surface area contributed by atoms with Crippen molar-refractivity contribution < 1.29 is 14.6 Å². The maximum absolute atomic E-state index is 10.8. The third-order valence-electron chi connectivity index (χ3n) is 4.08. The van der Waals surface area contributed by atoms with Crippen molar-refractivity contribution in [2.24, 2.45) is 0 Å². The zero-order chi connectivity index (χ0) is 13.5. The van der Waals surface area contributed by atoms with E-state index in [-0.39, 0.29) is 0 Å². The third kappa shape index (κ3) is 1.93. The van der Waals surface area contributed by atoms with E-state index in [1.807, 2.05) is 13.8 Å². The number of carbonyl (C=O) groups is 1. The molecule has 2 atom stereocenters. The molecule has 2 unspecified atom stereocenters. The number of fused-ring (bicyclic) bond motifs is 1. The molecule has 1 aliphatic rings. The van der Waals surface area contributed by atoms with E-state index in [9.17, 15) is 9.90 Å². The van der Waals surface area contributed by atoms with Gasteiger partial charge in [-0.2, -0.15) is 0 Å². The molecule has 0 fully saturated rings. The summed E-state index contributed by atoms with van der Waals surface area (Å²) in [6, 6.07) is 2.16. The Morgan fingerprint density at radius 3 is 2.67 bits per heavy atom. The minimum Gasteiger partial charge on any atom is -0.484 e. The quantitative estimate of drug-likeness (QED) is 0.817. The van der Waals surface area contributed by atoms with Gasteiger partial charge in [-0.25, -0.2) is 0 Å². The van der Waals surface area contributed by atoms with Crippen molar-refractivity contribution in [1.29, 1.82) is 0 Å². The fourth-order valence-electron chi connectivity index (χ4n) is 2.56. The Labute approximate surface area is 108 Å². The molecule has 1 aromatic rings. The first kappa shape index (κ1) is 13.1. The highest BCUT2D eigenvalue weighted by Gasteiger charge is 2.39. The molecule has 98 valence electrons. The van der Waals surface area contributed by atoms with Crippen LogP contribution in [-0.2, 0) is 11.2 Å². The van der Waals surface area contributed by atoms with E-state index in [0.29, 0.717) is 12.7 Å². The summed E-state index contributed by atoms with van der Waals surface area (Å²) in [7, 11) is 0. The summed E-state index contributed by atoms with van der Waals surface area (Å²) in [5, 5.41) is 9.80. The Hall–Kier alpha value is -1.35. The normalized spacial score (nSPS) is 24.1. The van der Waals surface area contributed by atoms with Gasteiger partial charge in [0.2, 0.25) is 0 Å². The molecule has 0 radical (unpaired) electrons. The number of benzene rings is 1. The molecule has 1 aliphatic heterocycles. The number of aliphatic hydroxyl groups excluding tert-OH is 1. The van der Waals surface area contributed by atoms with Crippen molar-refractivity contribution in [3.05, 3.63) is 28.3 Å². The molecule has 3 nitrogen and oxygen atoms in total. The molecule has 0 saturated carbocycles. The molecule has 3 heteroatoms. The van der Waals surface area contributed by atoms with Crippen LogP contribution in [0.4, 0.5) is 0 Å². The lowest BCUT2D eigenvalue weighted by molar-refractivity contribution is -0.127. The number of aldehydes is 1. The van der Waals surface area contributed by atoms with Crippen LogP contribution in [0, 0.1) is 20.8 Å². The highest BCUT2D eigenvalue weighted by atomic mass is 16.5. The topological polar surface area (TPSA) is 46.5 Å². The largest absolute Gasteiger partial charge is 0.484 e. The zero-order valence-electron chi connectivity index (χ0n) is 11.4. The summed E-state index contributed by atoms with van der Waals surface area (Å²) < 4.78 is 5.98. The molecule has 0 saturated heterocycles. The van der Waals surface area contributed by atoms with E-state index >= 15 is 0 Å². The molecular weight excluding hydrogens is 228 g/mol. The number of hydrogen-bond acceptors (Lipinski definition) is 3. The van der Waals surface area contributed by atoms with Gasteiger partial charge in [0.15, 0.2) is 6.29 Å². The fraction of sp³-hybridized carbons (Fsp3) is 0.533. The summed E-state index contributed by atoms with van der Waals surface area (Å²) in [5.41, 5.74) is 3.89. The summed E-state index contributed by atoms with van der Waals surface area (Å²) in [5.74, 6) is 0.849. The van der Waals surface area contributed by atoms with Gasteiger partial charge in [-0.1, -0.05) is 6.07 Å². The van der Waals surface area contributed by atoms with E-state index in [1.165, 1.54) is 16.7 Å². The Morgan fingerprint density at radius 2 is 2.06 bits per heavy atom. The van der Waals surface area contributed by atoms with Crippen LogP contribution < -0.4 is 4.74 Å². The first-order chi connectivity index (χ1) is 8.39. The van der Waals surface area contributed by atoms with Gasteiger partial charge in [-0.3, -0.25) is 0 Å². The van der Waals surface area contributed by atoms with Gasteiger partial charge >= 0.3 is 0 Å². The highest BCUT2D eigenvalue weighted by Crippen LogP contribution is 2.39. The van der Waals surface area contributed by atoms with Crippen molar-refractivity contribution in [3.63, 3.8) is 0 Å². The smallest absolute Gasteiger partial charge is 0.152 e. The number of hydrogen-bond donors (Lipinski definition) is 1. The second-order valence-electron chi connectivity index (χ2n) is 5.44. The maximum Gasteiger partial charge on any atom is 0.152 e. The Bertz CT molecular complexity index is 493. The Morgan fingerprint density at radius 1 is 1.39 bits per heavy atom. The molecule has 18 heavy (non-hydrogen) atoms. The van der Waals surface area contributed by atoms with Crippen molar-refractivity contribution in [2.45, 2.75) is 52.2 Å². The second-order valence-corrected chi connectivity index (χ2v) is 5.44. The van der Waals surface area contributed by atoms with Crippen LogP contribution in [0.25, 0.3) is 0 Å². The van der Waals surface area contributed by atoms with Gasteiger partial charge in [0, 0.05) is 0 Å². The highest BCUT2D eigenvalue weighted by molar-refractivity contribution is 5.59. The average molecular weight is 248 g/mol. The van der Waals surface area contributed by atoms with Crippen LogP contribution in [0.2, 0.25) is 0 Å². The first-order valence-electron chi connectivity index (χ1n) is 6.31. The molecule has 1 aromatic carbocycles. The van der Waals surface area contributed by atoms with Crippen molar-refractivity contribution in [3.8, 4) is 5.75 Å². The van der Waals surface area contributed by atoms with Crippen molar-refractivity contribution in [2.75, 3.05) is 0 Å². The van der Waals surface area contributed by atoms with E-state index in [2.05, 4.69) is 13.0 Å². The molecule has 2 rings (SSSR count). The molecule has 0 bridgehead atoms. The van der Waals surface area contributed by atoms with Crippen LogP contribution in [0.3, 0.4) is 0 Å². The van der Waals surface area contributed by atoms with Crippen LogP contribution in [0.15, 0.2) is 6.07 Å². The summed E-state index contributed by atoms with van der Waals surface area (Å²) in [6.45, 7) is 7.94. The van der Waals surface area contributed by atoms with Crippen molar-refractivity contribution in [1.82, 2.24) is 0 Å². The number of aliphatic hydroxyl groups is 1. The minimum atomic E-state index is -1.08. The molecule has 1 N–H and O–H groups in total. The van der Waals surface area contributed by atoms with Crippen LogP contribution in [0.1, 0.15) is 35.6 Å². The SMILES string of the molecule is Cc1cc(C)c2c(c1C)OC(C)(C(O)C=O)CC2. The summed E-state index contributed by atoms with van der Waals surface area (Å²) in [4.78, 5) is 10.8. The second kappa shape index (κ2) is 4.39. The van der Waals surface area contributed by atoms with Gasteiger partial charge in [-0.05, 0) is 62.8 Å². The van der Waals surface area contributed by atoms with Gasteiger partial charge in [0.1, 0.15) is 17.5 Å². The predicted molar refractivity (Wildman–Crippen MR) is 70.1 cm³/mol. The van der Waals surface area contributed by atoms with E-state index in [1.54, 1.807) is 6.92 Å². The lowest BCUT2D eigenvalue weighted by Gasteiger charge is -2.38. The van der Waals surface area contributed by atoms with Gasteiger partial charge in [0.05, 0.1) is 0 Å². The molecule has 1 heterocycles. The molecule has 0 amide bonds. The first-order valence-corrected chi connectivity index (χ1v) is 6.31. The van der Waals surface area contributed by atoms with Gasteiger partial charge < -0.3 is 14.6 Å². The fourth-order valence-corrected chi connectivity index (χ4v) is 2.56. The lowest BCUT2D eigenvalue weighted by atomic mass is 9.85. The van der Waals surface area contributed by atoms with Crippen LogP contribution >= 0.6 is 0 Å². The zero-order valence-corrected chi connectivity index (χ0v) is 11.4. The Kier molecular flexibility index (Phi) is 3.20. The number of rotatable bonds is 2. The van der Waals surface area contributed by atoms with Crippen LogP contribution in [0.5, 0.6) is 5.75 Å². The predicted octanol–water partition coefficient (Wildman–Crippen LogP) is 2.26. The standard InChI is InChI=1S/C15H20O3/c1-9-7-10(2)12-5-6-15(4,13(17)8-16)18-14(12)11(9)3/h7-8,13,17H,5-6H2,1-4H3. The lowest BCUT2D eigenvalue weighted by Crippen LogP contribution is -2.48. The maximum atomic E-state index is 10.8. The third-order valence-corrected chi connectivity index (χ3v) is 4.08. The Balaban J connectivity index is 2.49. The molecule has 0 aromatic heterocycles. The van der Waals surface area contributed by atoms with Crippen LogP contribution in [-0.4, -0.2) is 23.1 Å². The monoisotopic (exact) mass is 248 g/mol. The molecule has 0 spiro atoms. The number of aryl methyl sites for hydroxylation is 2. The average Bonchev–Trinajstić information content (AvgIpc) is 2.34. The molecular formula is C15H20O3. The number of ether oxygens (including phenoxy) is 1. The minimum absolute atomic E-state index is 0.559. The summed E-state index contributed by atoms with van der Waals surface area (Å²) in [6.07, 6.45) is 0.974. The molecule has 0 aliphatic carbocycles. The van der Waals surface area contributed by atoms with Gasteiger partial charge in [0.25, 0.3) is 0 Å². The van der Waals surface area contributed by atoms with E-state index in [4.69, 9.17) is 4.74 Å². The summed E-state index contributed by atoms with van der Waals surface area (Å²) >= 11 is 0. The van der Waals surface area contributed by atoms with Crippen molar-refractivity contribution >= 4 is 6.29 Å². The van der Waals surface area contributed by atoms with Gasteiger partial charge in [-0.15, -0.1) is 0 Å². The van der Waals surface area contributed by atoms with E-state index in [0.717, 1.165) is 17.7 Å².